The highest BCUT2D eigenvalue weighted by atomic mass is 16.6. The second kappa shape index (κ2) is 10.5. The number of aliphatic carboxylic acids is 1. The molecule has 1 aromatic heterocycles. The molecule has 0 amide bonds. The molecule has 0 fully saturated rings. The monoisotopic (exact) mass is 436 g/mol. The average Bonchev–Trinajstić information content (AvgIpc) is 2.77. The highest BCUT2D eigenvalue weighted by molar-refractivity contribution is 5.70. The topological polar surface area (TPSA) is 117 Å². The molecule has 0 saturated heterocycles. The van der Waals surface area contributed by atoms with Gasteiger partial charge in [-0.25, -0.2) is 9.59 Å². The summed E-state index contributed by atoms with van der Waals surface area (Å²) in [5.74, 6) is -1.38. The van der Waals surface area contributed by atoms with Crippen LogP contribution in [-0.2, 0) is 11.2 Å². The van der Waals surface area contributed by atoms with E-state index in [1.165, 1.54) is 30.3 Å². The van der Waals surface area contributed by atoms with Crippen LogP contribution in [0, 0.1) is 0 Å². The van der Waals surface area contributed by atoms with Gasteiger partial charge in [0, 0.05) is 18.1 Å². The van der Waals surface area contributed by atoms with Crippen molar-refractivity contribution in [3.63, 3.8) is 0 Å². The predicted molar refractivity (Wildman–Crippen MR) is 119 cm³/mol. The van der Waals surface area contributed by atoms with Crippen LogP contribution in [0.4, 0.5) is 0 Å². The van der Waals surface area contributed by atoms with Crippen LogP contribution in [0.5, 0.6) is 11.5 Å². The number of benzene rings is 2. The summed E-state index contributed by atoms with van der Waals surface area (Å²) in [6.07, 6.45) is 1.98. The van der Waals surface area contributed by atoms with Gasteiger partial charge in [0.15, 0.2) is 0 Å². The summed E-state index contributed by atoms with van der Waals surface area (Å²) < 4.78 is 10.3. The predicted octanol–water partition coefficient (Wildman–Crippen LogP) is 4.22. The highest BCUT2D eigenvalue weighted by Crippen LogP contribution is 2.28. The Morgan fingerprint density at radius 1 is 1.12 bits per heavy atom. The average molecular weight is 436 g/mol. The summed E-state index contributed by atoms with van der Waals surface area (Å²) in [5.41, 5.74) is 2.07. The van der Waals surface area contributed by atoms with E-state index in [4.69, 9.17) is 14.3 Å². The second-order valence-corrected chi connectivity index (χ2v) is 7.23. The summed E-state index contributed by atoms with van der Waals surface area (Å²) >= 11 is 0. The number of rotatable bonds is 9. The minimum atomic E-state index is -1.98. The van der Waals surface area contributed by atoms with Crippen LogP contribution in [0.3, 0.4) is 0 Å². The SMILES string of the molecule is CCCC(=Cc1ccccc1)Cc1c(O)cc(-c2ccc(OC(O)C(=O)O)cc2)oc1=O. The van der Waals surface area contributed by atoms with Gasteiger partial charge in [-0.3, -0.25) is 0 Å². The summed E-state index contributed by atoms with van der Waals surface area (Å²) in [5, 5.41) is 28.5. The zero-order valence-corrected chi connectivity index (χ0v) is 17.5. The molecule has 7 heteroatoms. The van der Waals surface area contributed by atoms with Crippen molar-refractivity contribution < 1.29 is 29.3 Å². The van der Waals surface area contributed by atoms with Gasteiger partial charge < -0.3 is 24.5 Å². The Bertz CT molecular complexity index is 1150. The highest BCUT2D eigenvalue weighted by Gasteiger charge is 2.16. The Hall–Kier alpha value is -3.84. The number of carboxylic acids is 1. The van der Waals surface area contributed by atoms with Gasteiger partial charge in [0.05, 0.1) is 5.56 Å². The molecule has 0 saturated carbocycles. The Kier molecular flexibility index (Phi) is 7.46. The molecule has 3 aromatic rings. The number of ether oxygens (including phenoxy) is 1. The number of aliphatic hydroxyl groups is 1. The molecule has 0 aliphatic heterocycles. The van der Waals surface area contributed by atoms with Crippen LogP contribution < -0.4 is 10.4 Å². The number of aliphatic hydroxyl groups excluding tert-OH is 1. The third kappa shape index (κ3) is 5.86. The summed E-state index contributed by atoms with van der Waals surface area (Å²) in [4.78, 5) is 23.3. The van der Waals surface area contributed by atoms with Crippen molar-refractivity contribution >= 4 is 12.0 Å². The van der Waals surface area contributed by atoms with Crippen LogP contribution >= 0.6 is 0 Å². The first-order valence-electron chi connectivity index (χ1n) is 10.2. The summed E-state index contributed by atoms with van der Waals surface area (Å²) in [7, 11) is 0. The van der Waals surface area contributed by atoms with Crippen molar-refractivity contribution in [2.45, 2.75) is 32.5 Å². The van der Waals surface area contributed by atoms with Crippen LogP contribution in [-0.4, -0.2) is 27.6 Å². The third-order valence-corrected chi connectivity index (χ3v) is 4.77. The lowest BCUT2D eigenvalue weighted by Crippen LogP contribution is -2.25. The van der Waals surface area contributed by atoms with Gasteiger partial charge >= 0.3 is 11.6 Å². The molecule has 166 valence electrons. The maximum Gasteiger partial charge on any atom is 0.373 e. The van der Waals surface area contributed by atoms with Crippen molar-refractivity contribution in [3.8, 4) is 22.8 Å². The van der Waals surface area contributed by atoms with Crippen LogP contribution in [0.1, 0.15) is 30.9 Å². The number of hydrogen-bond donors (Lipinski definition) is 3. The van der Waals surface area contributed by atoms with Crippen LogP contribution in [0.25, 0.3) is 17.4 Å². The molecular weight excluding hydrogens is 412 g/mol. The molecule has 2 aromatic carbocycles. The molecule has 0 aliphatic carbocycles. The standard InChI is InChI=1S/C25H24O7/c1-2-6-17(13-16-7-4-3-5-8-16)14-20-21(26)15-22(32-24(20)29)18-9-11-19(12-10-18)31-25(30)23(27)28/h3-5,7-13,15,25-26,30H,2,6,14H2,1H3,(H,27,28). The fourth-order valence-electron chi connectivity index (χ4n) is 3.23. The Labute approximate surface area is 184 Å². The maximum atomic E-state index is 12.6. The summed E-state index contributed by atoms with van der Waals surface area (Å²) in [6.45, 7) is 2.05. The van der Waals surface area contributed by atoms with E-state index in [-0.39, 0.29) is 29.2 Å². The van der Waals surface area contributed by atoms with E-state index in [9.17, 15) is 19.8 Å². The van der Waals surface area contributed by atoms with E-state index >= 15 is 0 Å². The molecule has 0 spiro atoms. The minimum Gasteiger partial charge on any atom is -0.507 e. The molecule has 32 heavy (non-hydrogen) atoms. The molecule has 0 bridgehead atoms. The van der Waals surface area contributed by atoms with Gasteiger partial charge in [0.1, 0.15) is 17.3 Å². The number of hydrogen-bond acceptors (Lipinski definition) is 6. The first kappa shape index (κ1) is 22.8. The van der Waals surface area contributed by atoms with E-state index in [2.05, 4.69) is 0 Å². The van der Waals surface area contributed by atoms with Crippen molar-refractivity contribution in [2.24, 2.45) is 0 Å². The van der Waals surface area contributed by atoms with Gasteiger partial charge in [0.2, 0.25) is 0 Å². The van der Waals surface area contributed by atoms with E-state index in [1.807, 2.05) is 43.3 Å². The lowest BCUT2D eigenvalue weighted by molar-refractivity contribution is -0.162. The van der Waals surface area contributed by atoms with E-state index in [0.29, 0.717) is 5.56 Å². The second-order valence-electron chi connectivity index (χ2n) is 7.23. The molecule has 0 radical (unpaired) electrons. The number of carboxylic acid groups (broad SMARTS) is 1. The molecular formula is C25H24O7. The number of aromatic hydroxyl groups is 1. The molecule has 1 heterocycles. The van der Waals surface area contributed by atoms with Gasteiger partial charge in [0.25, 0.3) is 6.29 Å². The zero-order valence-electron chi connectivity index (χ0n) is 17.5. The van der Waals surface area contributed by atoms with Gasteiger partial charge in [-0.2, -0.15) is 0 Å². The van der Waals surface area contributed by atoms with Crippen molar-refractivity contribution in [1.29, 1.82) is 0 Å². The quantitative estimate of drug-likeness (QED) is 0.430. The molecule has 3 N–H and O–H groups in total. The van der Waals surface area contributed by atoms with E-state index < -0.39 is 17.9 Å². The Balaban J connectivity index is 1.84. The lowest BCUT2D eigenvalue weighted by Gasteiger charge is -2.11. The Morgan fingerprint density at radius 3 is 2.41 bits per heavy atom. The first-order valence-corrected chi connectivity index (χ1v) is 10.2. The summed E-state index contributed by atoms with van der Waals surface area (Å²) in [6, 6.07) is 17.0. The largest absolute Gasteiger partial charge is 0.507 e. The maximum absolute atomic E-state index is 12.6. The van der Waals surface area contributed by atoms with Gasteiger partial charge in [-0.15, -0.1) is 0 Å². The molecule has 1 unspecified atom stereocenters. The fourth-order valence-corrected chi connectivity index (χ4v) is 3.23. The molecule has 0 aliphatic rings. The number of carbonyl (C=O) groups is 1. The lowest BCUT2D eigenvalue weighted by atomic mass is 9.99. The third-order valence-electron chi connectivity index (χ3n) is 4.77. The van der Waals surface area contributed by atoms with Crippen LogP contribution in [0.2, 0.25) is 0 Å². The fraction of sp³-hybridized carbons (Fsp3) is 0.200. The molecule has 1 atom stereocenters. The van der Waals surface area contributed by atoms with E-state index in [1.54, 1.807) is 0 Å². The van der Waals surface area contributed by atoms with Gasteiger partial charge in [-0.05, 0) is 36.2 Å². The van der Waals surface area contributed by atoms with Crippen molar-refractivity contribution in [3.05, 3.63) is 87.8 Å². The minimum absolute atomic E-state index is 0.127. The van der Waals surface area contributed by atoms with Crippen molar-refractivity contribution in [2.75, 3.05) is 0 Å². The number of allylic oxidation sites excluding steroid dienone is 1. The molecule has 7 nitrogen and oxygen atoms in total. The van der Waals surface area contributed by atoms with E-state index in [0.717, 1.165) is 24.0 Å². The van der Waals surface area contributed by atoms with Gasteiger partial charge in [-0.1, -0.05) is 55.3 Å². The first-order chi connectivity index (χ1) is 15.4. The van der Waals surface area contributed by atoms with Crippen LogP contribution in [0.15, 0.2) is 75.4 Å². The molecule has 3 rings (SSSR count). The zero-order chi connectivity index (χ0) is 23.1. The Morgan fingerprint density at radius 2 is 1.81 bits per heavy atom. The normalized spacial score (nSPS) is 12.4. The van der Waals surface area contributed by atoms with Crippen molar-refractivity contribution in [1.82, 2.24) is 0 Å². The smallest absolute Gasteiger partial charge is 0.373 e.